The summed E-state index contributed by atoms with van der Waals surface area (Å²) >= 11 is 0. The molecule has 6 aromatic rings. The lowest BCUT2D eigenvalue weighted by molar-refractivity contribution is 0.103. The van der Waals surface area contributed by atoms with Crippen molar-refractivity contribution in [2.75, 3.05) is 38.0 Å². The molecular weight excluding hydrogens is 867 g/mol. The van der Waals surface area contributed by atoms with Crippen LogP contribution >= 0.6 is 0 Å². The summed E-state index contributed by atoms with van der Waals surface area (Å²) in [5.41, 5.74) is 6.38. The van der Waals surface area contributed by atoms with Gasteiger partial charge in [0, 0.05) is 50.7 Å². The molecule has 1 aliphatic carbocycles. The van der Waals surface area contributed by atoms with Crippen LogP contribution in [0.5, 0.6) is 11.5 Å². The van der Waals surface area contributed by atoms with Crippen molar-refractivity contribution in [3.05, 3.63) is 239 Å². The van der Waals surface area contributed by atoms with Crippen LogP contribution in [-0.4, -0.2) is 39.8 Å². The van der Waals surface area contributed by atoms with Gasteiger partial charge in [0.2, 0.25) is 0 Å². The molecule has 0 atom stereocenters. The number of fused-ring (bicyclic) bond motifs is 3. The van der Waals surface area contributed by atoms with Gasteiger partial charge in [-0.15, -0.1) is 0 Å². The number of nitrogens with zero attached hydrogens (tertiary/aromatic N) is 2. The maximum Gasteiger partial charge on any atom is 0.344 e. The lowest BCUT2D eigenvalue weighted by Crippen LogP contribution is -2.29. The molecule has 0 aliphatic heterocycles. The highest BCUT2D eigenvalue weighted by Gasteiger charge is 2.47. The molecule has 6 aromatic carbocycles. The van der Waals surface area contributed by atoms with E-state index in [4.69, 9.17) is 9.47 Å². The van der Waals surface area contributed by atoms with Gasteiger partial charge in [0.1, 0.15) is 11.5 Å². The fraction of sp³-hybridized carbons (Fsp3) is 0.0909. The van der Waals surface area contributed by atoms with Crippen molar-refractivity contribution < 1.29 is 45.4 Å². The van der Waals surface area contributed by atoms with E-state index >= 15 is 0 Å². The minimum absolute atomic E-state index is 0.256. The first kappa shape index (κ1) is 46.9. The van der Waals surface area contributed by atoms with Crippen LogP contribution < -0.4 is 19.3 Å². The molecule has 338 valence electrons. The molecule has 0 N–H and O–H groups in total. The topological polar surface area (TPSA) is 59.1 Å². The van der Waals surface area contributed by atoms with Crippen LogP contribution in [0, 0.1) is 0 Å². The molecule has 0 heterocycles. The summed E-state index contributed by atoms with van der Waals surface area (Å²) in [7, 11) is 7.78. The summed E-state index contributed by atoms with van der Waals surface area (Å²) in [5, 5.41) is 0. The lowest BCUT2D eigenvalue weighted by atomic mass is 9.67. The largest absolute Gasteiger partial charge is 0.428 e. The number of hydrogen-bond donors (Lipinski definition) is 0. The Labute approximate surface area is 384 Å². The molecule has 67 heavy (non-hydrogen) atoms. The monoisotopic (exact) mass is 908 g/mol. The zero-order valence-electron chi connectivity index (χ0n) is 36.6. The van der Waals surface area contributed by atoms with Crippen LogP contribution in [0.15, 0.2) is 194 Å². The van der Waals surface area contributed by atoms with Crippen molar-refractivity contribution >= 4 is 35.1 Å². The highest BCUT2D eigenvalue weighted by atomic mass is 19.3. The van der Waals surface area contributed by atoms with Crippen LogP contribution in [0.4, 0.5) is 37.7 Å². The summed E-state index contributed by atoms with van der Waals surface area (Å²) < 4.78 is 89.7. The summed E-state index contributed by atoms with van der Waals surface area (Å²) in [6, 6.07) is 33.1. The number of rotatable bonds is 16. The number of allylic oxidation sites excluding steroid dienone is 6. The molecular formula is C55H42F6N2O4. The zero-order valence-corrected chi connectivity index (χ0v) is 36.6. The van der Waals surface area contributed by atoms with Gasteiger partial charge in [-0.25, -0.2) is 0 Å². The Balaban J connectivity index is 1.34. The maximum atomic E-state index is 14.0. The van der Waals surface area contributed by atoms with Crippen LogP contribution in [0.1, 0.15) is 54.1 Å². The highest BCUT2D eigenvalue weighted by Crippen LogP contribution is 2.57. The molecule has 0 radical (unpaired) electrons. The second-order valence-corrected chi connectivity index (χ2v) is 15.7. The Morgan fingerprint density at radius 2 is 0.821 bits per heavy atom. The summed E-state index contributed by atoms with van der Waals surface area (Å²) in [6.45, 7) is 0. The summed E-state index contributed by atoms with van der Waals surface area (Å²) in [5.74, 6) is -1.20. The quantitative estimate of drug-likeness (QED) is 0.0317. The number of anilines is 2. The smallest absolute Gasteiger partial charge is 0.344 e. The van der Waals surface area contributed by atoms with Crippen molar-refractivity contribution in [2.24, 2.45) is 0 Å². The normalized spacial score (nSPS) is 12.6. The Morgan fingerprint density at radius 1 is 0.463 bits per heavy atom. The molecule has 1 aliphatic rings. The average Bonchev–Trinajstić information content (AvgIpc) is 3.61. The molecule has 6 nitrogen and oxygen atoms in total. The molecule has 12 heteroatoms. The zero-order chi connectivity index (χ0) is 47.8. The third-order valence-electron chi connectivity index (χ3n) is 11.1. The van der Waals surface area contributed by atoms with Gasteiger partial charge >= 0.3 is 24.2 Å². The van der Waals surface area contributed by atoms with Crippen molar-refractivity contribution in [2.45, 2.75) is 5.41 Å². The van der Waals surface area contributed by atoms with E-state index in [2.05, 4.69) is 0 Å². The van der Waals surface area contributed by atoms with Gasteiger partial charge in [0.25, 0.3) is 0 Å². The van der Waals surface area contributed by atoms with E-state index in [1.54, 1.807) is 60.7 Å². The number of carbonyl (C=O) groups excluding carboxylic acids is 2. The van der Waals surface area contributed by atoms with Gasteiger partial charge in [0.05, 0.1) is 5.41 Å². The molecule has 0 fully saturated rings. The first-order valence-corrected chi connectivity index (χ1v) is 20.8. The van der Waals surface area contributed by atoms with Crippen LogP contribution in [0.2, 0.25) is 0 Å². The van der Waals surface area contributed by atoms with Crippen LogP contribution in [-0.2, 0) is 5.41 Å². The summed E-state index contributed by atoms with van der Waals surface area (Å²) in [4.78, 5) is 31.8. The molecule has 0 saturated carbocycles. The van der Waals surface area contributed by atoms with Crippen molar-refractivity contribution in [3.63, 3.8) is 0 Å². The first-order chi connectivity index (χ1) is 32.1. The average molecular weight is 909 g/mol. The van der Waals surface area contributed by atoms with E-state index in [0.717, 1.165) is 22.5 Å². The van der Waals surface area contributed by atoms with Crippen LogP contribution in [0.25, 0.3) is 23.3 Å². The van der Waals surface area contributed by atoms with E-state index in [1.165, 1.54) is 60.7 Å². The molecule has 0 spiro atoms. The Kier molecular flexibility index (Phi) is 14.2. The number of ketones is 2. The Morgan fingerprint density at radius 3 is 1.15 bits per heavy atom. The third kappa shape index (κ3) is 10.4. The van der Waals surface area contributed by atoms with E-state index in [1.807, 2.05) is 98.7 Å². The number of hydrogen-bond acceptors (Lipinski definition) is 6. The number of ether oxygens (including phenoxy) is 2. The van der Waals surface area contributed by atoms with Gasteiger partial charge in [-0.3, -0.25) is 9.59 Å². The Hall–Kier alpha value is -8.12. The second-order valence-electron chi connectivity index (χ2n) is 15.7. The van der Waals surface area contributed by atoms with Gasteiger partial charge in [-0.2, -0.15) is 26.3 Å². The van der Waals surface area contributed by atoms with Crippen molar-refractivity contribution in [3.8, 4) is 22.6 Å². The number of carbonyl (C=O) groups is 2. The molecule has 0 aromatic heterocycles. The SMILES string of the molecule is CN(C)c1ccc(C=CC=CC(=O)c2ccc3c(c2)C(c2ccc(OC(F)=C(F)F)cc2)(c2ccc(OC(F)=C(F)F)cc2)c2cc(C(=O)C=CC=Cc4ccc(N(C)C)cc4)ccc2-3)cc1. The minimum Gasteiger partial charge on any atom is -0.428 e. The highest BCUT2D eigenvalue weighted by molar-refractivity contribution is 6.07. The van der Waals surface area contributed by atoms with Gasteiger partial charge < -0.3 is 19.3 Å². The molecule has 7 rings (SSSR count). The predicted molar refractivity (Wildman–Crippen MR) is 252 cm³/mol. The Bertz CT molecular complexity index is 2770. The van der Waals surface area contributed by atoms with E-state index < -0.39 is 29.6 Å². The van der Waals surface area contributed by atoms with E-state index in [-0.39, 0.29) is 34.2 Å². The number of benzene rings is 6. The standard InChI is InChI=1S/C55H42F6N2O4/c1-62(2)41-23-13-35(14-24-41)9-5-7-11-49(64)37-17-31-45-46-32-18-38(50(65)12-8-6-10-36-15-25-42(26-16-36)63(3)4)34-48(46)55(47(45)33-37,39-19-27-43(28-20-39)66-53(60)51(56)57)40-21-29-44(30-22-40)67-54(61)52(58)59/h5-34H,1-4H3. The third-order valence-corrected chi connectivity index (χ3v) is 11.1. The molecule has 0 unspecified atom stereocenters. The molecule has 0 amide bonds. The van der Waals surface area contributed by atoms with Crippen molar-refractivity contribution in [1.29, 1.82) is 0 Å². The maximum absolute atomic E-state index is 14.0. The second kappa shape index (κ2) is 20.4. The lowest BCUT2D eigenvalue weighted by Gasteiger charge is -2.34. The van der Waals surface area contributed by atoms with Gasteiger partial charge in [-0.1, -0.05) is 109 Å². The predicted octanol–water partition coefficient (Wildman–Crippen LogP) is 13.9. The van der Waals surface area contributed by atoms with E-state index in [0.29, 0.717) is 33.4 Å². The number of halogens is 6. The molecule has 0 saturated heterocycles. The first-order valence-electron chi connectivity index (χ1n) is 20.8. The fourth-order valence-electron chi connectivity index (χ4n) is 7.83. The van der Waals surface area contributed by atoms with Gasteiger partial charge in [0.15, 0.2) is 11.6 Å². The summed E-state index contributed by atoms with van der Waals surface area (Å²) in [6.07, 6.45) is 7.98. The van der Waals surface area contributed by atoms with E-state index in [9.17, 15) is 35.9 Å². The minimum atomic E-state index is -2.65. The van der Waals surface area contributed by atoms with Gasteiger partial charge in [-0.05, 0) is 117 Å². The molecule has 0 bridgehead atoms. The van der Waals surface area contributed by atoms with Crippen LogP contribution in [0.3, 0.4) is 0 Å². The fourth-order valence-corrected chi connectivity index (χ4v) is 7.83. The van der Waals surface area contributed by atoms with Crippen molar-refractivity contribution in [1.82, 2.24) is 0 Å².